The van der Waals surface area contributed by atoms with Crippen LogP contribution in [-0.2, 0) is 14.3 Å². The lowest BCUT2D eigenvalue weighted by Gasteiger charge is -2.31. The summed E-state index contributed by atoms with van der Waals surface area (Å²) in [5.74, 6) is -2.02. The maximum atomic E-state index is 13.6. The number of anilines is 1. The summed E-state index contributed by atoms with van der Waals surface area (Å²) in [7, 11) is 0. The van der Waals surface area contributed by atoms with Crippen LogP contribution in [-0.4, -0.2) is 41.9 Å². The van der Waals surface area contributed by atoms with E-state index in [2.05, 4.69) is 5.32 Å². The molecule has 0 unspecified atom stereocenters. The van der Waals surface area contributed by atoms with Crippen molar-refractivity contribution in [3.8, 4) is 0 Å². The average Bonchev–Trinajstić information content (AvgIpc) is 3.24. The molecule has 2 amide bonds. The van der Waals surface area contributed by atoms with Crippen LogP contribution in [0.15, 0.2) is 41.8 Å². The van der Waals surface area contributed by atoms with Gasteiger partial charge in [0, 0.05) is 13.1 Å². The Bertz CT molecular complexity index is 848. The highest BCUT2D eigenvalue weighted by Crippen LogP contribution is 2.22. The lowest BCUT2D eigenvalue weighted by atomic mass is 9.97. The van der Waals surface area contributed by atoms with Crippen molar-refractivity contribution in [3.05, 3.63) is 52.5 Å². The smallest absolute Gasteiger partial charge is 0.309 e. The molecule has 3 rings (SSSR count). The predicted octanol–water partition coefficient (Wildman–Crippen LogP) is 3.31. The first kappa shape index (κ1) is 20.0. The first-order valence-electron chi connectivity index (χ1n) is 9.04. The normalized spacial score (nSPS) is 15.7. The van der Waals surface area contributed by atoms with Crippen molar-refractivity contribution in [1.29, 1.82) is 0 Å². The second-order valence-electron chi connectivity index (χ2n) is 6.59. The van der Waals surface area contributed by atoms with Gasteiger partial charge in [0.15, 0.2) is 6.10 Å². The molecule has 0 bridgehead atoms. The number of esters is 1. The number of carbonyl (C=O) groups is 3. The van der Waals surface area contributed by atoms with Crippen LogP contribution in [0.2, 0.25) is 0 Å². The quantitative estimate of drug-likeness (QED) is 0.776. The zero-order valence-electron chi connectivity index (χ0n) is 15.4. The minimum atomic E-state index is -1.04. The summed E-state index contributed by atoms with van der Waals surface area (Å²) in [6, 6.07) is 9.39. The number of halogens is 1. The molecule has 0 saturated carbocycles. The Kier molecular flexibility index (Phi) is 6.41. The summed E-state index contributed by atoms with van der Waals surface area (Å²) < 4.78 is 18.9. The highest BCUT2D eigenvalue weighted by molar-refractivity contribution is 7.12. The molecule has 1 aliphatic heterocycles. The van der Waals surface area contributed by atoms with Crippen molar-refractivity contribution in [3.63, 3.8) is 0 Å². The van der Waals surface area contributed by atoms with Crippen molar-refractivity contribution >= 4 is 34.8 Å². The van der Waals surface area contributed by atoms with E-state index in [1.807, 2.05) is 11.4 Å². The molecular weight excluding hydrogens is 383 g/mol. The standard InChI is InChI=1S/C20H21FN2O4S/c1-13(18(24)22-16-6-3-2-5-15(16)21)27-20(26)14-8-10-23(11-9-14)19(25)17-7-4-12-28-17/h2-7,12-14H,8-11H2,1H3,(H,22,24)/t13-/m0/s1. The lowest BCUT2D eigenvalue weighted by molar-refractivity contribution is -0.158. The fraction of sp³-hybridized carbons (Fsp3) is 0.350. The number of thiophene rings is 1. The van der Waals surface area contributed by atoms with Crippen LogP contribution in [0.3, 0.4) is 0 Å². The molecule has 1 aliphatic rings. The number of para-hydroxylation sites is 1. The second-order valence-corrected chi connectivity index (χ2v) is 7.54. The molecule has 1 atom stereocenters. The van der Waals surface area contributed by atoms with Gasteiger partial charge in [-0.1, -0.05) is 18.2 Å². The fourth-order valence-electron chi connectivity index (χ4n) is 3.00. The SMILES string of the molecule is C[C@H](OC(=O)C1CCN(C(=O)c2cccs2)CC1)C(=O)Nc1ccccc1F. The zero-order chi connectivity index (χ0) is 20.1. The van der Waals surface area contributed by atoms with E-state index >= 15 is 0 Å². The number of nitrogens with zero attached hydrogens (tertiary/aromatic N) is 1. The van der Waals surface area contributed by atoms with E-state index in [0.29, 0.717) is 30.8 Å². The van der Waals surface area contributed by atoms with Gasteiger partial charge in [-0.2, -0.15) is 0 Å². The number of likely N-dealkylation sites (tertiary alicyclic amines) is 1. The van der Waals surface area contributed by atoms with Crippen molar-refractivity contribution < 1.29 is 23.5 Å². The number of rotatable bonds is 5. The maximum Gasteiger partial charge on any atom is 0.309 e. The number of carbonyl (C=O) groups excluding carboxylic acids is 3. The van der Waals surface area contributed by atoms with E-state index in [4.69, 9.17) is 4.74 Å². The molecule has 0 radical (unpaired) electrons. The molecule has 8 heteroatoms. The van der Waals surface area contributed by atoms with E-state index in [1.54, 1.807) is 17.0 Å². The van der Waals surface area contributed by atoms with Gasteiger partial charge < -0.3 is 15.0 Å². The van der Waals surface area contributed by atoms with Crippen LogP contribution < -0.4 is 5.32 Å². The second kappa shape index (κ2) is 8.97. The lowest BCUT2D eigenvalue weighted by Crippen LogP contribution is -2.41. The topological polar surface area (TPSA) is 75.7 Å². The Morgan fingerprint density at radius 1 is 1.18 bits per heavy atom. The van der Waals surface area contributed by atoms with Crippen LogP contribution >= 0.6 is 11.3 Å². The summed E-state index contributed by atoms with van der Waals surface area (Å²) in [6.07, 6.45) is -0.0762. The van der Waals surface area contributed by atoms with Crippen molar-refractivity contribution in [2.24, 2.45) is 5.92 Å². The molecule has 1 saturated heterocycles. The van der Waals surface area contributed by atoms with Crippen LogP contribution in [0.1, 0.15) is 29.4 Å². The summed E-state index contributed by atoms with van der Waals surface area (Å²) in [5.41, 5.74) is 0.0378. The molecule has 1 aromatic heterocycles. The Balaban J connectivity index is 1.48. The van der Waals surface area contributed by atoms with Crippen molar-refractivity contribution in [1.82, 2.24) is 4.90 Å². The number of hydrogen-bond acceptors (Lipinski definition) is 5. The molecule has 148 valence electrons. The highest BCUT2D eigenvalue weighted by atomic mass is 32.1. The van der Waals surface area contributed by atoms with E-state index in [9.17, 15) is 18.8 Å². The molecule has 2 aromatic rings. The van der Waals surface area contributed by atoms with Gasteiger partial charge in [0.25, 0.3) is 11.8 Å². The Morgan fingerprint density at radius 2 is 1.89 bits per heavy atom. The van der Waals surface area contributed by atoms with Crippen LogP contribution in [0.25, 0.3) is 0 Å². The van der Waals surface area contributed by atoms with Gasteiger partial charge >= 0.3 is 5.97 Å². The molecule has 1 aromatic carbocycles. The summed E-state index contributed by atoms with van der Waals surface area (Å²) in [5, 5.41) is 4.27. The predicted molar refractivity (Wildman–Crippen MR) is 104 cm³/mol. The summed E-state index contributed by atoms with van der Waals surface area (Å²) in [6.45, 7) is 2.38. The largest absolute Gasteiger partial charge is 0.452 e. The van der Waals surface area contributed by atoms with Gasteiger partial charge in [-0.3, -0.25) is 14.4 Å². The number of hydrogen-bond donors (Lipinski definition) is 1. The Hall–Kier alpha value is -2.74. The van der Waals surface area contributed by atoms with Crippen LogP contribution in [0.4, 0.5) is 10.1 Å². The van der Waals surface area contributed by atoms with Gasteiger partial charge in [0.1, 0.15) is 5.82 Å². The number of nitrogens with one attached hydrogen (secondary N) is 1. The third kappa shape index (κ3) is 4.75. The van der Waals surface area contributed by atoms with E-state index in [0.717, 1.165) is 0 Å². The van der Waals surface area contributed by atoms with Gasteiger partial charge in [-0.05, 0) is 43.3 Å². The molecule has 2 heterocycles. The number of benzene rings is 1. The number of ether oxygens (including phenoxy) is 1. The van der Waals surface area contributed by atoms with E-state index < -0.39 is 23.8 Å². The van der Waals surface area contributed by atoms with Gasteiger partial charge in [-0.15, -0.1) is 11.3 Å². The molecular formula is C20H21FN2O4S. The Labute approximate surface area is 166 Å². The number of amides is 2. The fourth-order valence-corrected chi connectivity index (χ4v) is 3.69. The van der Waals surface area contributed by atoms with E-state index in [-0.39, 0.29) is 17.5 Å². The molecule has 0 spiro atoms. The molecule has 1 fully saturated rings. The minimum Gasteiger partial charge on any atom is -0.452 e. The average molecular weight is 404 g/mol. The number of piperidine rings is 1. The van der Waals surface area contributed by atoms with Gasteiger partial charge in [-0.25, -0.2) is 4.39 Å². The maximum absolute atomic E-state index is 13.6. The monoisotopic (exact) mass is 404 g/mol. The first-order chi connectivity index (χ1) is 13.5. The Morgan fingerprint density at radius 3 is 2.54 bits per heavy atom. The molecule has 6 nitrogen and oxygen atoms in total. The van der Waals surface area contributed by atoms with Gasteiger partial charge in [0.2, 0.25) is 0 Å². The van der Waals surface area contributed by atoms with Gasteiger partial charge in [0.05, 0.1) is 16.5 Å². The van der Waals surface area contributed by atoms with Crippen LogP contribution in [0, 0.1) is 11.7 Å². The third-order valence-electron chi connectivity index (χ3n) is 4.64. The molecule has 1 N–H and O–H groups in total. The van der Waals surface area contributed by atoms with E-state index in [1.165, 1.54) is 36.5 Å². The first-order valence-corrected chi connectivity index (χ1v) is 9.92. The summed E-state index contributed by atoms with van der Waals surface area (Å²) in [4.78, 5) is 39.3. The van der Waals surface area contributed by atoms with Crippen molar-refractivity contribution in [2.45, 2.75) is 25.9 Å². The van der Waals surface area contributed by atoms with Crippen molar-refractivity contribution in [2.75, 3.05) is 18.4 Å². The molecule has 28 heavy (non-hydrogen) atoms. The zero-order valence-corrected chi connectivity index (χ0v) is 16.2. The van der Waals surface area contributed by atoms with Crippen LogP contribution in [0.5, 0.6) is 0 Å². The highest BCUT2D eigenvalue weighted by Gasteiger charge is 2.31. The molecule has 0 aliphatic carbocycles. The third-order valence-corrected chi connectivity index (χ3v) is 5.50. The summed E-state index contributed by atoms with van der Waals surface area (Å²) >= 11 is 1.39. The minimum absolute atomic E-state index is 0.0283.